The topological polar surface area (TPSA) is 108 Å². The number of para-hydroxylation sites is 1. The maximum atomic E-state index is 13.4. The van der Waals surface area contributed by atoms with Crippen LogP contribution in [0, 0.1) is 18.3 Å². The van der Waals surface area contributed by atoms with Crippen LogP contribution in [0.4, 0.5) is 11.5 Å². The molecule has 4 rings (SSSR count). The van der Waals surface area contributed by atoms with Crippen LogP contribution in [0.1, 0.15) is 28.0 Å². The van der Waals surface area contributed by atoms with E-state index in [0.29, 0.717) is 36.7 Å². The van der Waals surface area contributed by atoms with Crippen molar-refractivity contribution in [1.29, 1.82) is 5.26 Å². The van der Waals surface area contributed by atoms with Gasteiger partial charge in [0.1, 0.15) is 10.7 Å². The first-order chi connectivity index (χ1) is 15.3. The van der Waals surface area contributed by atoms with Crippen molar-refractivity contribution in [3.63, 3.8) is 0 Å². The Balaban J connectivity index is 1.64. The number of sulfonamides is 1. The number of fused-ring (bicyclic) bond motifs is 1. The van der Waals surface area contributed by atoms with Gasteiger partial charge in [0, 0.05) is 18.2 Å². The Morgan fingerprint density at radius 1 is 1.25 bits per heavy atom. The predicted molar refractivity (Wildman–Crippen MR) is 121 cm³/mol. The van der Waals surface area contributed by atoms with Gasteiger partial charge in [0.2, 0.25) is 0 Å². The Labute approximate surface area is 191 Å². The molecule has 0 fully saturated rings. The number of nitriles is 1. The molecule has 1 aliphatic rings. The molecule has 1 aromatic heterocycles. The summed E-state index contributed by atoms with van der Waals surface area (Å²) in [6, 6.07) is 15.2. The van der Waals surface area contributed by atoms with Gasteiger partial charge in [0.05, 0.1) is 35.4 Å². The van der Waals surface area contributed by atoms with Crippen LogP contribution in [0.2, 0.25) is 5.02 Å². The van der Waals surface area contributed by atoms with Gasteiger partial charge in [-0.25, -0.2) is 13.1 Å². The van der Waals surface area contributed by atoms with Crippen molar-refractivity contribution in [2.24, 2.45) is 0 Å². The second-order valence-corrected chi connectivity index (χ2v) is 9.60. The van der Waals surface area contributed by atoms with Crippen LogP contribution >= 0.6 is 11.6 Å². The van der Waals surface area contributed by atoms with E-state index in [4.69, 9.17) is 16.9 Å². The number of anilines is 2. The van der Waals surface area contributed by atoms with Crippen molar-refractivity contribution in [3.8, 4) is 6.07 Å². The average molecular weight is 470 g/mol. The van der Waals surface area contributed by atoms with E-state index in [9.17, 15) is 13.2 Å². The molecule has 2 aromatic carbocycles. The van der Waals surface area contributed by atoms with E-state index in [2.05, 4.69) is 10.4 Å². The molecule has 32 heavy (non-hydrogen) atoms. The number of carbonyl (C=O) groups is 1. The zero-order chi connectivity index (χ0) is 22.9. The minimum Gasteiger partial charge on any atom is -0.307 e. The van der Waals surface area contributed by atoms with Crippen molar-refractivity contribution in [2.45, 2.75) is 31.2 Å². The predicted octanol–water partition coefficient (Wildman–Crippen LogP) is 3.76. The highest BCUT2D eigenvalue weighted by Crippen LogP contribution is 2.35. The normalized spacial score (nSPS) is 13.0. The lowest BCUT2D eigenvalue weighted by atomic mass is 10.2. The molecule has 0 spiro atoms. The molecule has 1 aliphatic heterocycles. The van der Waals surface area contributed by atoms with Crippen LogP contribution in [-0.4, -0.2) is 30.7 Å². The molecule has 8 nitrogen and oxygen atoms in total. The van der Waals surface area contributed by atoms with Gasteiger partial charge >= 0.3 is 0 Å². The lowest BCUT2D eigenvalue weighted by Gasteiger charge is -2.20. The van der Waals surface area contributed by atoms with E-state index >= 15 is 0 Å². The van der Waals surface area contributed by atoms with E-state index in [1.807, 2.05) is 18.2 Å². The van der Waals surface area contributed by atoms with E-state index in [1.54, 1.807) is 25.1 Å². The van der Waals surface area contributed by atoms with Gasteiger partial charge in [0.15, 0.2) is 0 Å². The third-order valence-electron chi connectivity index (χ3n) is 5.19. The van der Waals surface area contributed by atoms with Gasteiger partial charge in [0.25, 0.3) is 15.9 Å². The second-order valence-electron chi connectivity index (χ2n) is 7.36. The highest BCUT2D eigenvalue weighted by molar-refractivity contribution is 7.93. The van der Waals surface area contributed by atoms with Gasteiger partial charge in [-0.15, -0.1) is 0 Å². The van der Waals surface area contributed by atoms with Gasteiger partial charge in [-0.1, -0.05) is 29.8 Å². The molecule has 1 N–H and O–H groups in total. The largest absolute Gasteiger partial charge is 0.307 e. The Morgan fingerprint density at radius 2 is 2.03 bits per heavy atom. The smallest absolute Gasteiger partial charge is 0.265 e. The molecule has 0 aliphatic carbocycles. The summed E-state index contributed by atoms with van der Waals surface area (Å²) in [4.78, 5) is 12.8. The monoisotopic (exact) mass is 469 g/mol. The minimum atomic E-state index is -3.96. The first kappa shape index (κ1) is 21.9. The van der Waals surface area contributed by atoms with E-state index in [1.165, 1.54) is 27.2 Å². The highest BCUT2D eigenvalue weighted by Gasteiger charge is 2.32. The molecule has 10 heteroatoms. The summed E-state index contributed by atoms with van der Waals surface area (Å²) >= 11 is 6.25. The number of hydrogen-bond acceptors (Lipinski definition) is 5. The highest BCUT2D eigenvalue weighted by atomic mass is 35.5. The van der Waals surface area contributed by atoms with E-state index < -0.39 is 15.9 Å². The standard InChI is InChI=1S/C22H20ClN5O3S/c1-15-13-21(27(26-15)11-4-10-24)25-22(29)17-7-8-18(23)20(14-17)32(30,31)28-12-9-16-5-2-3-6-19(16)28/h2-3,5-8,13-14H,4,9,11-12H2,1H3,(H,25,29). The summed E-state index contributed by atoms with van der Waals surface area (Å²) in [5, 5.41) is 15.9. The maximum absolute atomic E-state index is 13.4. The third-order valence-corrected chi connectivity index (χ3v) is 7.48. The Kier molecular flexibility index (Phi) is 5.91. The first-order valence-corrected chi connectivity index (χ1v) is 11.8. The summed E-state index contributed by atoms with van der Waals surface area (Å²) in [7, 11) is -3.96. The molecule has 1 amide bonds. The summed E-state index contributed by atoms with van der Waals surface area (Å²) < 4.78 is 29.6. The zero-order valence-corrected chi connectivity index (χ0v) is 18.8. The van der Waals surface area contributed by atoms with Crippen molar-refractivity contribution < 1.29 is 13.2 Å². The molecule has 0 saturated carbocycles. The number of aryl methyl sites for hydroxylation is 2. The molecule has 0 saturated heterocycles. The second kappa shape index (κ2) is 8.65. The molecule has 3 aromatic rings. The fourth-order valence-electron chi connectivity index (χ4n) is 3.68. The summed E-state index contributed by atoms with van der Waals surface area (Å²) in [6.07, 6.45) is 0.851. The van der Waals surface area contributed by atoms with Crippen molar-refractivity contribution in [3.05, 3.63) is 70.4 Å². The number of nitrogens with zero attached hydrogens (tertiary/aromatic N) is 4. The minimum absolute atomic E-state index is 0.0424. The molecular weight excluding hydrogens is 450 g/mol. The number of halogens is 1. The number of hydrogen-bond donors (Lipinski definition) is 1. The molecule has 0 unspecified atom stereocenters. The molecule has 164 valence electrons. The molecular formula is C22H20ClN5O3S. The number of aromatic nitrogens is 2. The quantitative estimate of drug-likeness (QED) is 0.591. The number of carbonyl (C=O) groups excluding carboxylic acids is 1. The fraction of sp³-hybridized carbons (Fsp3) is 0.227. The zero-order valence-electron chi connectivity index (χ0n) is 17.2. The van der Waals surface area contributed by atoms with Crippen molar-refractivity contribution in [2.75, 3.05) is 16.2 Å². The lowest BCUT2D eigenvalue weighted by molar-refractivity contribution is 0.102. The van der Waals surface area contributed by atoms with Gasteiger partial charge in [-0.3, -0.25) is 9.10 Å². The molecule has 2 heterocycles. The fourth-order valence-corrected chi connectivity index (χ4v) is 5.69. The number of benzene rings is 2. The number of amides is 1. The maximum Gasteiger partial charge on any atom is 0.265 e. The molecule has 0 atom stereocenters. The van der Waals surface area contributed by atoms with E-state index in [-0.39, 0.29) is 21.9 Å². The van der Waals surface area contributed by atoms with Crippen LogP contribution in [0.5, 0.6) is 0 Å². The van der Waals surface area contributed by atoms with Crippen molar-refractivity contribution in [1.82, 2.24) is 9.78 Å². The summed E-state index contributed by atoms with van der Waals surface area (Å²) in [6.45, 7) is 2.42. The lowest BCUT2D eigenvalue weighted by Crippen LogP contribution is -2.29. The van der Waals surface area contributed by atoms with Crippen LogP contribution in [0.15, 0.2) is 53.4 Å². The van der Waals surface area contributed by atoms with Gasteiger partial charge in [-0.05, 0) is 43.2 Å². The third kappa shape index (κ3) is 4.07. The first-order valence-electron chi connectivity index (χ1n) is 9.94. The van der Waals surface area contributed by atoms with Crippen LogP contribution in [0.3, 0.4) is 0 Å². The number of rotatable bonds is 6. The van der Waals surface area contributed by atoms with Crippen molar-refractivity contribution >= 4 is 39.0 Å². The summed E-state index contributed by atoms with van der Waals surface area (Å²) in [5.41, 5.74) is 2.40. The number of nitrogens with one attached hydrogen (secondary N) is 1. The summed E-state index contributed by atoms with van der Waals surface area (Å²) in [5.74, 6) is -0.0753. The molecule has 0 radical (unpaired) electrons. The van der Waals surface area contributed by atoms with Crippen LogP contribution < -0.4 is 9.62 Å². The molecule has 0 bridgehead atoms. The van der Waals surface area contributed by atoms with Gasteiger partial charge in [-0.2, -0.15) is 10.4 Å². The average Bonchev–Trinajstić information content (AvgIpc) is 3.35. The Hall–Kier alpha value is -3.35. The van der Waals surface area contributed by atoms with E-state index in [0.717, 1.165) is 5.56 Å². The van der Waals surface area contributed by atoms with Gasteiger partial charge < -0.3 is 5.32 Å². The van der Waals surface area contributed by atoms with Crippen LogP contribution in [-0.2, 0) is 23.0 Å². The SMILES string of the molecule is Cc1cc(NC(=O)c2ccc(Cl)c(S(=O)(=O)N3CCc4ccccc43)c2)n(CCC#N)n1. The Bertz CT molecular complexity index is 1340. The van der Waals surface area contributed by atoms with Crippen LogP contribution in [0.25, 0.3) is 0 Å². The Morgan fingerprint density at radius 3 is 2.81 bits per heavy atom.